The van der Waals surface area contributed by atoms with E-state index in [2.05, 4.69) is 46.2 Å². The summed E-state index contributed by atoms with van der Waals surface area (Å²) in [7, 11) is 0. The van der Waals surface area contributed by atoms with E-state index in [1.54, 1.807) is 6.33 Å². The summed E-state index contributed by atoms with van der Waals surface area (Å²) in [6.07, 6.45) is 8.79. The van der Waals surface area contributed by atoms with Crippen molar-refractivity contribution < 1.29 is 4.74 Å². The predicted molar refractivity (Wildman–Crippen MR) is 121 cm³/mol. The third kappa shape index (κ3) is 9.23. The summed E-state index contributed by atoms with van der Waals surface area (Å²) in [6, 6.07) is 0.425. The fraction of sp³-hybridized carbons (Fsp3) is 0.842. The first kappa shape index (κ1) is 24.1. The van der Waals surface area contributed by atoms with Gasteiger partial charge < -0.3 is 19.9 Å². The molecular formula is C19H37IN6O. The minimum atomic E-state index is 0. The van der Waals surface area contributed by atoms with Crippen LogP contribution in [0.1, 0.15) is 58.7 Å². The Morgan fingerprint density at radius 3 is 2.96 bits per heavy atom. The Morgan fingerprint density at radius 1 is 1.41 bits per heavy atom. The molecule has 2 atom stereocenters. The van der Waals surface area contributed by atoms with Crippen LogP contribution >= 0.6 is 24.0 Å². The van der Waals surface area contributed by atoms with E-state index in [0.29, 0.717) is 12.0 Å². The van der Waals surface area contributed by atoms with Gasteiger partial charge >= 0.3 is 0 Å². The molecule has 0 aromatic carbocycles. The number of hydrogen-bond donors (Lipinski definition) is 2. The summed E-state index contributed by atoms with van der Waals surface area (Å²) in [6.45, 7) is 10.8. The maximum absolute atomic E-state index is 5.46. The minimum absolute atomic E-state index is 0. The topological polar surface area (TPSA) is 76.4 Å². The summed E-state index contributed by atoms with van der Waals surface area (Å²) >= 11 is 0. The molecular weight excluding hydrogens is 455 g/mol. The second kappa shape index (κ2) is 14.1. The fourth-order valence-corrected chi connectivity index (χ4v) is 3.14. The van der Waals surface area contributed by atoms with E-state index in [0.717, 1.165) is 57.5 Å². The van der Waals surface area contributed by atoms with Crippen LogP contribution in [0.2, 0.25) is 0 Å². The van der Waals surface area contributed by atoms with Crippen LogP contribution in [-0.2, 0) is 17.7 Å². The fourth-order valence-electron chi connectivity index (χ4n) is 3.14. The molecule has 1 saturated heterocycles. The molecule has 1 fully saturated rings. The molecule has 8 heteroatoms. The Balaban J connectivity index is 0.00000364. The van der Waals surface area contributed by atoms with Gasteiger partial charge in [-0.3, -0.25) is 4.99 Å². The lowest BCUT2D eigenvalue weighted by atomic mass is 10.1. The third-order valence-corrected chi connectivity index (χ3v) is 4.81. The van der Waals surface area contributed by atoms with E-state index in [-0.39, 0.29) is 24.0 Å². The average Bonchev–Trinajstić information content (AvgIpc) is 3.31. The van der Waals surface area contributed by atoms with Crippen LogP contribution in [0, 0.1) is 5.92 Å². The van der Waals surface area contributed by atoms with E-state index in [9.17, 15) is 0 Å². The number of aromatic nitrogens is 3. The monoisotopic (exact) mass is 492 g/mol. The highest BCUT2D eigenvalue weighted by molar-refractivity contribution is 14.0. The number of aliphatic imine (C=N–C) groups is 1. The Morgan fingerprint density at radius 2 is 2.26 bits per heavy atom. The SMILES string of the molecule is CCCCCC(C)NC(=NCC1CCOC1)NCCn1cnnc1CC.I. The van der Waals surface area contributed by atoms with Crippen molar-refractivity contribution >= 4 is 29.9 Å². The lowest BCUT2D eigenvalue weighted by Gasteiger charge is -2.19. The normalized spacial score (nSPS) is 18.2. The second-order valence-electron chi connectivity index (χ2n) is 7.18. The Kier molecular flexibility index (Phi) is 12.6. The largest absolute Gasteiger partial charge is 0.381 e. The molecule has 2 unspecified atom stereocenters. The summed E-state index contributed by atoms with van der Waals surface area (Å²) < 4.78 is 7.56. The lowest BCUT2D eigenvalue weighted by Crippen LogP contribution is -2.43. The number of guanidine groups is 1. The number of nitrogens with zero attached hydrogens (tertiary/aromatic N) is 4. The van der Waals surface area contributed by atoms with Crippen molar-refractivity contribution in [3.8, 4) is 0 Å². The average molecular weight is 492 g/mol. The zero-order chi connectivity index (χ0) is 18.6. The molecule has 0 amide bonds. The van der Waals surface area contributed by atoms with Crippen molar-refractivity contribution in [3.05, 3.63) is 12.2 Å². The van der Waals surface area contributed by atoms with Crippen LogP contribution in [0.15, 0.2) is 11.3 Å². The quantitative estimate of drug-likeness (QED) is 0.215. The number of ether oxygens (including phenoxy) is 1. The summed E-state index contributed by atoms with van der Waals surface area (Å²) in [4.78, 5) is 4.81. The zero-order valence-corrected chi connectivity index (χ0v) is 19.4. The zero-order valence-electron chi connectivity index (χ0n) is 17.1. The van der Waals surface area contributed by atoms with Gasteiger partial charge in [0.15, 0.2) is 5.96 Å². The van der Waals surface area contributed by atoms with Crippen molar-refractivity contribution in [1.29, 1.82) is 0 Å². The Hall–Kier alpha value is -0.900. The van der Waals surface area contributed by atoms with Crippen LogP contribution < -0.4 is 10.6 Å². The Bertz CT molecular complexity index is 530. The van der Waals surface area contributed by atoms with Gasteiger partial charge in [-0.2, -0.15) is 0 Å². The van der Waals surface area contributed by atoms with E-state index in [1.165, 1.54) is 25.7 Å². The molecule has 2 N–H and O–H groups in total. The van der Waals surface area contributed by atoms with E-state index < -0.39 is 0 Å². The van der Waals surface area contributed by atoms with E-state index >= 15 is 0 Å². The van der Waals surface area contributed by atoms with Crippen molar-refractivity contribution in [3.63, 3.8) is 0 Å². The van der Waals surface area contributed by atoms with Crippen LogP contribution in [-0.4, -0.2) is 53.1 Å². The van der Waals surface area contributed by atoms with E-state index in [4.69, 9.17) is 9.73 Å². The molecule has 0 radical (unpaired) electrons. The molecule has 7 nitrogen and oxygen atoms in total. The Labute approximate surface area is 181 Å². The van der Waals surface area contributed by atoms with Crippen LogP contribution in [0.5, 0.6) is 0 Å². The number of aryl methyl sites for hydroxylation is 1. The van der Waals surface area contributed by atoms with Crippen molar-refractivity contribution in [2.45, 2.75) is 71.9 Å². The molecule has 27 heavy (non-hydrogen) atoms. The summed E-state index contributed by atoms with van der Waals surface area (Å²) in [5.41, 5.74) is 0. The summed E-state index contributed by atoms with van der Waals surface area (Å²) in [5, 5.41) is 15.2. The summed E-state index contributed by atoms with van der Waals surface area (Å²) in [5.74, 6) is 2.48. The van der Waals surface area contributed by atoms with E-state index in [1.807, 2.05) is 0 Å². The first-order valence-electron chi connectivity index (χ1n) is 10.2. The molecule has 0 bridgehead atoms. The number of unbranched alkanes of at least 4 members (excludes halogenated alkanes) is 2. The van der Waals surface area contributed by atoms with Gasteiger partial charge in [-0.15, -0.1) is 34.2 Å². The van der Waals surface area contributed by atoms with Crippen LogP contribution in [0.25, 0.3) is 0 Å². The molecule has 1 aromatic heterocycles. The van der Waals surface area contributed by atoms with Crippen LogP contribution in [0.4, 0.5) is 0 Å². The van der Waals surface area contributed by atoms with Gasteiger partial charge in [-0.05, 0) is 19.8 Å². The molecule has 156 valence electrons. The third-order valence-electron chi connectivity index (χ3n) is 4.81. The first-order valence-corrected chi connectivity index (χ1v) is 10.2. The maximum atomic E-state index is 5.46. The van der Waals surface area contributed by atoms with Gasteiger partial charge in [-0.25, -0.2) is 0 Å². The molecule has 2 rings (SSSR count). The van der Waals surface area contributed by atoms with Gasteiger partial charge in [0.05, 0.1) is 6.61 Å². The highest BCUT2D eigenvalue weighted by Gasteiger charge is 2.15. The van der Waals surface area contributed by atoms with Gasteiger partial charge in [-0.1, -0.05) is 33.1 Å². The first-order chi connectivity index (χ1) is 12.7. The molecule has 0 spiro atoms. The number of rotatable bonds is 11. The van der Waals surface area contributed by atoms with Gasteiger partial charge in [0, 0.05) is 44.6 Å². The smallest absolute Gasteiger partial charge is 0.191 e. The molecule has 0 aliphatic carbocycles. The molecule has 1 aromatic rings. The minimum Gasteiger partial charge on any atom is -0.381 e. The molecule has 1 aliphatic rings. The van der Waals surface area contributed by atoms with Crippen molar-refractivity contribution in [2.24, 2.45) is 10.9 Å². The second-order valence-corrected chi connectivity index (χ2v) is 7.18. The molecule has 2 heterocycles. The molecule has 1 aliphatic heterocycles. The number of nitrogens with one attached hydrogen (secondary N) is 2. The number of halogens is 1. The van der Waals surface area contributed by atoms with Gasteiger partial charge in [0.25, 0.3) is 0 Å². The van der Waals surface area contributed by atoms with Gasteiger partial charge in [0.1, 0.15) is 12.2 Å². The number of hydrogen-bond acceptors (Lipinski definition) is 4. The van der Waals surface area contributed by atoms with Crippen molar-refractivity contribution in [1.82, 2.24) is 25.4 Å². The highest BCUT2D eigenvalue weighted by Crippen LogP contribution is 2.12. The molecule has 0 saturated carbocycles. The van der Waals surface area contributed by atoms with Crippen molar-refractivity contribution in [2.75, 3.05) is 26.3 Å². The van der Waals surface area contributed by atoms with Gasteiger partial charge in [0.2, 0.25) is 0 Å². The standard InChI is InChI=1S/C19H36N6O.HI/c1-4-6-7-8-16(3)23-19(21-13-17-9-12-26-14-17)20-10-11-25-15-22-24-18(25)5-2;/h15-17H,4-14H2,1-3H3,(H2,20,21,23);1H. The lowest BCUT2D eigenvalue weighted by molar-refractivity contribution is 0.187. The van der Waals surface area contributed by atoms with Crippen LogP contribution in [0.3, 0.4) is 0 Å². The predicted octanol–water partition coefficient (Wildman–Crippen LogP) is 3.00. The maximum Gasteiger partial charge on any atom is 0.191 e. The highest BCUT2D eigenvalue weighted by atomic mass is 127.